The molecule has 2 N–H and O–H groups in total. The molecular weight excluding hydrogens is 317 g/mol. The molecule has 8 heteroatoms. The van der Waals surface area contributed by atoms with Gasteiger partial charge in [0.2, 0.25) is 5.88 Å². The minimum Gasteiger partial charge on any atom is -0.493 e. The average molecular weight is 330 g/mol. The summed E-state index contributed by atoms with van der Waals surface area (Å²) in [4.78, 5) is 24.1. The van der Waals surface area contributed by atoms with Gasteiger partial charge in [0, 0.05) is 21.8 Å². The molecule has 0 unspecified atom stereocenters. The fraction of sp³-hybridized carbons (Fsp3) is 0.231. The molecule has 1 aromatic carbocycles. The lowest BCUT2D eigenvalue weighted by Crippen LogP contribution is -2.32. The first-order chi connectivity index (χ1) is 9.79. The summed E-state index contributed by atoms with van der Waals surface area (Å²) in [6.07, 6.45) is 1.06. The van der Waals surface area contributed by atoms with E-state index in [4.69, 9.17) is 23.2 Å². The van der Waals surface area contributed by atoms with E-state index in [1.54, 1.807) is 13.8 Å². The summed E-state index contributed by atoms with van der Waals surface area (Å²) in [7, 11) is 0. The van der Waals surface area contributed by atoms with Crippen molar-refractivity contribution in [1.29, 1.82) is 0 Å². The van der Waals surface area contributed by atoms with Gasteiger partial charge in [-0.15, -0.1) is 0 Å². The van der Waals surface area contributed by atoms with Gasteiger partial charge in [-0.05, 0) is 32.0 Å². The van der Waals surface area contributed by atoms with Gasteiger partial charge < -0.3 is 10.4 Å². The van der Waals surface area contributed by atoms with Crippen molar-refractivity contribution in [3.8, 4) is 5.88 Å². The van der Waals surface area contributed by atoms with Crippen LogP contribution in [0.3, 0.4) is 0 Å². The molecule has 1 amide bonds. The lowest BCUT2D eigenvalue weighted by Gasteiger charge is -2.07. The van der Waals surface area contributed by atoms with Crippen molar-refractivity contribution < 1.29 is 9.90 Å². The Morgan fingerprint density at radius 1 is 1.24 bits per heavy atom. The highest BCUT2D eigenvalue weighted by atomic mass is 35.5. The second-order valence-electron chi connectivity index (χ2n) is 4.69. The standard InChI is InChI=1S/C13H13Cl2N3O3/c1-7(2)18-11(19)6-17(13(18)21)12(20)16-10-4-8(14)3-9(15)5-10/h3-7,19H,1-2H3,(H,16,20). The van der Waals surface area contributed by atoms with E-state index in [1.807, 2.05) is 0 Å². The van der Waals surface area contributed by atoms with E-state index in [1.165, 1.54) is 18.2 Å². The van der Waals surface area contributed by atoms with Crippen molar-refractivity contribution in [3.63, 3.8) is 0 Å². The third-order valence-electron chi connectivity index (χ3n) is 2.75. The lowest BCUT2D eigenvalue weighted by molar-refractivity contribution is 0.252. The minimum atomic E-state index is -0.715. The molecule has 6 nitrogen and oxygen atoms in total. The molecule has 112 valence electrons. The number of imidazole rings is 1. The number of amides is 1. The second kappa shape index (κ2) is 5.83. The largest absolute Gasteiger partial charge is 0.493 e. The Balaban J connectivity index is 2.33. The number of hydrogen-bond acceptors (Lipinski definition) is 3. The van der Waals surface area contributed by atoms with Crippen LogP contribution < -0.4 is 11.0 Å². The molecule has 1 aromatic heterocycles. The first-order valence-electron chi connectivity index (χ1n) is 6.10. The maximum atomic E-state index is 12.1. The van der Waals surface area contributed by atoms with Crippen molar-refractivity contribution >= 4 is 34.9 Å². The topological polar surface area (TPSA) is 76.3 Å². The SMILES string of the molecule is CC(C)n1c(O)cn(C(=O)Nc2cc(Cl)cc(Cl)c2)c1=O. The van der Waals surface area contributed by atoms with Gasteiger partial charge in [0.05, 0.1) is 6.20 Å². The Kier molecular flexibility index (Phi) is 4.29. The van der Waals surface area contributed by atoms with Gasteiger partial charge in [0.15, 0.2) is 0 Å². The number of nitrogens with one attached hydrogen (secondary N) is 1. The van der Waals surface area contributed by atoms with Gasteiger partial charge in [-0.25, -0.2) is 14.2 Å². The summed E-state index contributed by atoms with van der Waals surface area (Å²) >= 11 is 11.7. The molecule has 21 heavy (non-hydrogen) atoms. The van der Waals surface area contributed by atoms with Crippen LogP contribution in [0.5, 0.6) is 5.88 Å². The van der Waals surface area contributed by atoms with Crippen LogP contribution in [-0.2, 0) is 0 Å². The van der Waals surface area contributed by atoms with Gasteiger partial charge in [0.25, 0.3) is 0 Å². The van der Waals surface area contributed by atoms with E-state index >= 15 is 0 Å². The van der Waals surface area contributed by atoms with E-state index in [2.05, 4.69) is 5.32 Å². The Morgan fingerprint density at radius 2 is 1.81 bits per heavy atom. The van der Waals surface area contributed by atoms with Crippen LogP contribution in [-0.4, -0.2) is 20.3 Å². The monoisotopic (exact) mass is 329 g/mol. The van der Waals surface area contributed by atoms with E-state index < -0.39 is 11.7 Å². The van der Waals surface area contributed by atoms with E-state index in [0.717, 1.165) is 15.3 Å². The summed E-state index contributed by atoms with van der Waals surface area (Å²) in [5.41, 5.74) is -0.283. The van der Waals surface area contributed by atoms with Gasteiger partial charge >= 0.3 is 11.7 Å². The second-order valence-corrected chi connectivity index (χ2v) is 5.56. The Bertz CT molecular complexity index is 729. The quantitative estimate of drug-likeness (QED) is 0.887. The third kappa shape index (κ3) is 3.22. The van der Waals surface area contributed by atoms with Crippen LogP contribution in [0.1, 0.15) is 19.9 Å². The summed E-state index contributed by atoms with van der Waals surface area (Å²) in [6.45, 7) is 3.44. The molecule has 1 heterocycles. The summed E-state index contributed by atoms with van der Waals surface area (Å²) in [5.74, 6) is -0.283. The van der Waals surface area contributed by atoms with Crippen molar-refractivity contribution in [3.05, 3.63) is 44.9 Å². The predicted molar refractivity (Wildman–Crippen MR) is 81.6 cm³/mol. The molecular formula is C13H13Cl2N3O3. The van der Waals surface area contributed by atoms with Crippen LogP contribution in [0.2, 0.25) is 10.0 Å². The molecule has 2 rings (SSSR count). The molecule has 2 aromatic rings. The fourth-order valence-corrected chi connectivity index (χ4v) is 2.41. The van der Waals surface area contributed by atoms with Crippen molar-refractivity contribution in [2.45, 2.75) is 19.9 Å². The molecule has 0 fully saturated rings. The van der Waals surface area contributed by atoms with Crippen LogP contribution in [0.25, 0.3) is 0 Å². The zero-order valence-corrected chi connectivity index (χ0v) is 12.8. The molecule has 0 bridgehead atoms. The molecule has 0 aliphatic heterocycles. The highest BCUT2D eigenvalue weighted by Crippen LogP contribution is 2.22. The molecule has 0 atom stereocenters. The molecule has 0 radical (unpaired) electrons. The van der Waals surface area contributed by atoms with Crippen molar-refractivity contribution in [2.24, 2.45) is 0 Å². The number of nitrogens with zero attached hydrogens (tertiary/aromatic N) is 2. The van der Waals surface area contributed by atoms with Gasteiger partial charge in [0.1, 0.15) is 0 Å². The Hall–Kier alpha value is -1.92. The smallest absolute Gasteiger partial charge is 0.339 e. The normalized spacial score (nSPS) is 10.9. The van der Waals surface area contributed by atoms with Gasteiger partial charge in [-0.2, -0.15) is 0 Å². The molecule has 0 spiro atoms. The minimum absolute atomic E-state index is 0.271. The number of rotatable bonds is 2. The van der Waals surface area contributed by atoms with Gasteiger partial charge in [-0.3, -0.25) is 4.57 Å². The van der Waals surface area contributed by atoms with E-state index in [-0.39, 0.29) is 11.9 Å². The number of halogens is 2. The zero-order valence-electron chi connectivity index (χ0n) is 11.3. The van der Waals surface area contributed by atoms with Gasteiger partial charge in [-0.1, -0.05) is 23.2 Å². The summed E-state index contributed by atoms with van der Waals surface area (Å²) in [5, 5.41) is 12.9. The molecule has 0 aliphatic rings. The van der Waals surface area contributed by atoms with Crippen molar-refractivity contribution in [2.75, 3.05) is 5.32 Å². The Labute approximate surface area is 130 Å². The first-order valence-corrected chi connectivity index (χ1v) is 6.85. The van der Waals surface area contributed by atoms with Crippen LogP contribution >= 0.6 is 23.2 Å². The highest BCUT2D eigenvalue weighted by Gasteiger charge is 2.17. The molecule has 0 saturated carbocycles. The number of carbonyl (C=O) groups excluding carboxylic acids is 1. The highest BCUT2D eigenvalue weighted by molar-refractivity contribution is 6.35. The summed E-state index contributed by atoms with van der Waals surface area (Å²) < 4.78 is 1.88. The average Bonchev–Trinajstić information content (AvgIpc) is 2.63. The van der Waals surface area contributed by atoms with E-state index in [9.17, 15) is 14.7 Å². The number of carbonyl (C=O) groups is 1. The predicted octanol–water partition coefficient (Wildman–Crippen LogP) is 3.32. The maximum absolute atomic E-state index is 12.1. The summed E-state index contributed by atoms with van der Waals surface area (Å²) in [6, 6.07) is 3.53. The maximum Gasteiger partial charge on any atom is 0.339 e. The van der Waals surface area contributed by atoms with Crippen LogP contribution in [0, 0.1) is 0 Å². The lowest BCUT2D eigenvalue weighted by atomic mass is 10.3. The zero-order chi connectivity index (χ0) is 15.7. The third-order valence-corrected chi connectivity index (χ3v) is 3.19. The first kappa shape index (κ1) is 15.5. The fourth-order valence-electron chi connectivity index (χ4n) is 1.89. The number of aromatic nitrogens is 2. The van der Waals surface area contributed by atoms with Crippen molar-refractivity contribution in [1.82, 2.24) is 9.13 Å². The van der Waals surface area contributed by atoms with Crippen LogP contribution in [0.4, 0.5) is 10.5 Å². The number of aromatic hydroxyl groups is 1. The number of benzene rings is 1. The van der Waals surface area contributed by atoms with Crippen LogP contribution in [0.15, 0.2) is 29.2 Å². The number of hydrogen-bond donors (Lipinski definition) is 2. The Morgan fingerprint density at radius 3 is 2.29 bits per heavy atom. The van der Waals surface area contributed by atoms with E-state index in [0.29, 0.717) is 15.7 Å². The molecule has 0 aliphatic carbocycles. The molecule has 0 saturated heterocycles. The number of anilines is 1.